The van der Waals surface area contributed by atoms with E-state index in [0.29, 0.717) is 19.3 Å². The van der Waals surface area contributed by atoms with Crippen molar-refractivity contribution >= 4 is 17.9 Å². The summed E-state index contributed by atoms with van der Waals surface area (Å²) >= 11 is 0. The summed E-state index contributed by atoms with van der Waals surface area (Å²) < 4.78 is 16.9. The summed E-state index contributed by atoms with van der Waals surface area (Å²) in [6.07, 6.45) is 79.6. The largest absolute Gasteiger partial charge is 0.462 e. The second-order valence-electron chi connectivity index (χ2n) is 20.1. The molecule has 0 heterocycles. The molecule has 6 nitrogen and oxygen atoms in total. The van der Waals surface area contributed by atoms with E-state index < -0.39 is 6.10 Å². The molecular weight excluding hydrogens is 889 g/mol. The summed E-state index contributed by atoms with van der Waals surface area (Å²) in [4.78, 5) is 38.2. The first kappa shape index (κ1) is 68.3. The van der Waals surface area contributed by atoms with Gasteiger partial charge in [0, 0.05) is 19.3 Å². The summed E-state index contributed by atoms with van der Waals surface area (Å²) in [5, 5.41) is 0. The molecule has 412 valence electrons. The molecule has 0 aromatic heterocycles. The quantitative estimate of drug-likeness (QED) is 0.0199. The number of allylic oxidation sites excluding steroid dienone is 16. The van der Waals surface area contributed by atoms with Gasteiger partial charge in [0.05, 0.1) is 0 Å². The number of rotatable bonds is 54. The lowest BCUT2D eigenvalue weighted by Gasteiger charge is -2.18. The highest BCUT2D eigenvalue weighted by Gasteiger charge is 2.19. The molecule has 0 saturated heterocycles. The Morgan fingerprint density at radius 2 is 0.514 bits per heavy atom. The number of esters is 3. The van der Waals surface area contributed by atoms with Gasteiger partial charge < -0.3 is 14.2 Å². The fraction of sp³-hybridized carbons (Fsp3) is 0.712. The maximum atomic E-state index is 12.9. The van der Waals surface area contributed by atoms with E-state index in [-0.39, 0.29) is 31.1 Å². The van der Waals surface area contributed by atoms with Crippen molar-refractivity contribution in [1.29, 1.82) is 0 Å². The summed E-state index contributed by atoms with van der Waals surface area (Å²) in [5.74, 6) is -0.943. The second kappa shape index (κ2) is 59.9. The number of unbranched alkanes of at least 4 members (excludes halogenated alkanes) is 32. The molecule has 0 aliphatic rings. The zero-order chi connectivity index (χ0) is 52.2. The Balaban J connectivity index is 4.49. The van der Waals surface area contributed by atoms with Gasteiger partial charge in [-0.1, -0.05) is 266 Å². The zero-order valence-electron chi connectivity index (χ0n) is 47.2. The predicted molar refractivity (Wildman–Crippen MR) is 311 cm³/mol. The van der Waals surface area contributed by atoms with Crippen molar-refractivity contribution in [3.63, 3.8) is 0 Å². The maximum absolute atomic E-state index is 12.9. The van der Waals surface area contributed by atoms with Gasteiger partial charge in [-0.3, -0.25) is 14.4 Å². The normalized spacial score (nSPS) is 12.8. The van der Waals surface area contributed by atoms with Crippen molar-refractivity contribution in [3.05, 3.63) is 97.2 Å². The molecule has 0 N–H and O–H groups in total. The summed E-state index contributed by atoms with van der Waals surface area (Å²) in [5.41, 5.74) is 0. The molecule has 0 spiro atoms. The molecule has 0 rings (SSSR count). The van der Waals surface area contributed by atoms with Gasteiger partial charge in [-0.05, 0) is 96.3 Å². The number of carbonyl (C=O) groups excluding carboxylic acids is 3. The molecule has 1 atom stereocenters. The van der Waals surface area contributed by atoms with Crippen molar-refractivity contribution in [2.24, 2.45) is 0 Å². The van der Waals surface area contributed by atoms with E-state index in [1.165, 1.54) is 128 Å². The Morgan fingerprint density at radius 1 is 0.278 bits per heavy atom. The van der Waals surface area contributed by atoms with E-state index >= 15 is 0 Å². The Morgan fingerprint density at radius 3 is 0.847 bits per heavy atom. The predicted octanol–water partition coefficient (Wildman–Crippen LogP) is 20.5. The molecule has 1 unspecified atom stereocenters. The first-order chi connectivity index (χ1) is 35.5. The zero-order valence-corrected chi connectivity index (χ0v) is 47.2. The van der Waals surface area contributed by atoms with Gasteiger partial charge in [0.1, 0.15) is 13.2 Å². The third-order valence-electron chi connectivity index (χ3n) is 12.9. The average molecular weight is 1000 g/mol. The van der Waals surface area contributed by atoms with Crippen LogP contribution in [-0.2, 0) is 28.6 Å². The molecule has 0 aromatic carbocycles. The molecule has 6 heteroatoms. The van der Waals surface area contributed by atoms with E-state index in [0.717, 1.165) is 116 Å². The fourth-order valence-electron chi connectivity index (χ4n) is 8.33. The van der Waals surface area contributed by atoms with Crippen LogP contribution in [0.2, 0.25) is 0 Å². The Kier molecular flexibility index (Phi) is 56.8. The van der Waals surface area contributed by atoms with Gasteiger partial charge in [0.2, 0.25) is 0 Å². The highest BCUT2D eigenvalue weighted by molar-refractivity contribution is 5.71. The van der Waals surface area contributed by atoms with E-state index in [1.807, 2.05) is 0 Å². The topological polar surface area (TPSA) is 78.9 Å². The van der Waals surface area contributed by atoms with Crippen molar-refractivity contribution in [3.8, 4) is 0 Å². The van der Waals surface area contributed by atoms with Crippen LogP contribution < -0.4 is 0 Å². The van der Waals surface area contributed by atoms with E-state index in [9.17, 15) is 14.4 Å². The van der Waals surface area contributed by atoms with Crippen LogP contribution >= 0.6 is 0 Å². The molecule has 72 heavy (non-hydrogen) atoms. The number of hydrogen-bond donors (Lipinski definition) is 0. The van der Waals surface area contributed by atoms with Crippen LogP contribution in [0.5, 0.6) is 0 Å². The minimum Gasteiger partial charge on any atom is -0.462 e. The molecule has 0 aliphatic heterocycles. The first-order valence-corrected chi connectivity index (χ1v) is 30.3. The number of carbonyl (C=O) groups is 3. The van der Waals surface area contributed by atoms with Crippen molar-refractivity contribution in [1.82, 2.24) is 0 Å². The van der Waals surface area contributed by atoms with Crippen LogP contribution in [0.4, 0.5) is 0 Å². The van der Waals surface area contributed by atoms with Gasteiger partial charge in [0.15, 0.2) is 6.10 Å². The lowest BCUT2D eigenvalue weighted by molar-refractivity contribution is -0.167. The average Bonchev–Trinajstić information content (AvgIpc) is 3.38. The Labute approximate surface area is 445 Å². The van der Waals surface area contributed by atoms with Gasteiger partial charge in [-0.2, -0.15) is 0 Å². The summed E-state index contributed by atoms with van der Waals surface area (Å²) in [6.45, 7) is 6.56. The Hall–Kier alpha value is -3.67. The molecule has 0 amide bonds. The smallest absolute Gasteiger partial charge is 0.306 e. The standard InChI is InChI=1S/C66H112O6/c1-4-7-10-13-16-19-22-25-28-31-34-37-40-43-46-49-52-55-58-64(67)70-61-63(72-66(69)60-57-54-51-48-45-42-39-36-33-30-27-24-21-18-15-12-9-6-3)62-71-65(68)59-56-53-50-47-44-41-38-35-32-29-26-23-20-17-14-11-8-5-2/h16,19,22,24-25,27-28,30-31,33-39,63H,4-15,17-18,20-21,23,26,29,32,40-62H2,1-3H3/b19-16-,25-22-,27-24-,31-28-,33-30-,37-34-,38-35-,39-36-. The van der Waals surface area contributed by atoms with E-state index in [1.54, 1.807) is 0 Å². The SMILES string of the molecule is CCCCC\C=C/C=C\C=C/C=C\CCCCCCCC(=O)OCC(COC(=O)CCCCCCC/C=C\CCCCCCCCCCC)OC(=O)CCCCCCC\C=C/C=C\C=C/CCCCCCC. The second-order valence-corrected chi connectivity index (χ2v) is 20.1. The van der Waals surface area contributed by atoms with Crippen LogP contribution in [0.25, 0.3) is 0 Å². The summed E-state index contributed by atoms with van der Waals surface area (Å²) in [7, 11) is 0. The highest BCUT2D eigenvalue weighted by Crippen LogP contribution is 2.15. The third-order valence-corrected chi connectivity index (χ3v) is 12.9. The minimum absolute atomic E-state index is 0.0984. The van der Waals surface area contributed by atoms with Crippen LogP contribution in [0.15, 0.2) is 97.2 Å². The number of hydrogen-bond acceptors (Lipinski definition) is 6. The molecule has 0 radical (unpaired) electrons. The number of ether oxygens (including phenoxy) is 3. The minimum atomic E-state index is -0.804. The van der Waals surface area contributed by atoms with Crippen LogP contribution in [-0.4, -0.2) is 37.2 Å². The molecule has 0 aliphatic carbocycles. The molecule has 0 saturated carbocycles. The van der Waals surface area contributed by atoms with Gasteiger partial charge >= 0.3 is 17.9 Å². The van der Waals surface area contributed by atoms with Crippen molar-refractivity contribution in [2.45, 2.75) is 290 Å². The van der Waals surface area contributed by atoms with Gasteiger partial charge in [0.25, 0.3) is 0 Å². The van der Waals surface area contributed by atoms with Crippen LogP contribution in [0, 0.1) is 0 Å². The Bertz CT molecular complexity index is 1430. The van der Waals surface area contributed by atoms with Crippen LogP contribution in [0.1, 0.15) is 284 Å². The first-order valence-electron chi connectivity index (χ1n) is 30.3. The van der Waals surface area contributed by atoms with E-state index in [4.69, 9.17) is 14.2 Å². The lowest BCUT2D eigenvalue weighted by atomic mass is 10.1. The molecule has 0 fully saturated rings. The van der Waals surface area contributed by atoms with Gasteiger partial charge in [-0.25, -0.2) is 0 Å². The fourth-order valence-corrected chi connectivity index (χ4v) is 8.33. The maximum Gasteiger partial charge on any atom is 0.306 e. The molecule has 0 aromatic rings. The lowest BCUT2D eigenvalue weighted by Crippen LogP contribution is -2.30. The molecular formula is C66H112O6. The van der Waals surface area contributed by atoms with Crippen molar-refractivity contribution in [2.75, 3.05) is 13.2 Å². The monoisotopic (exact) mass is 1000 g/mol. The third kappa shape index (κ3) is 57.2. The molecule has 0 bridgehead atoms. The highest BCUT2D eigenvalue weighted by atomic mass is 16.6. The van der Waals surface area contributed by atoms with Crippen LogP contribution in [0.3, 0.4) is 0 Å². The van der Waals surface area contributed by atoms with Gasteiger partial charge in [-0.15, -0.1) is 0 Å². The van der Waals surface area contributed by atoms with Crippen molar-refractivity contribution < 1.29 is 28.6 Å². The summed E-state index contributed by atoms with van der Waals surface area (Å²) in [6, 6.07) is 0. The van der Waals surface area contributed by atoms with E-state index in [2.05, 4.69) is 118 Å².